The van der Waals surface area contributed by atoms with Crippen LogP contribution in [0.1, 0.15) is 10.5 Å². The summed E-state index contributed by atoms with van der Waals surface area (Å²) in [5.74, 6) is -0.276. The van der Waals surface area contributed by atoms with E-state index in [1.54, 1.807) is 48.5 Å². The topological polar surface area (TPSA) is 194 Å². The number of benzene rings is 4. The van der Waals surface area contributed by atoms with E-state index in [2.05, 4.69) is 61.8 Å². The minimum atomic E-state index is -0.591. The lowest BCUT2D eigenvalue weighted by molar-refractivity contribution is 0.101. The number of halogens is 1. The van der Waals surface area contributed by atoms with E-state index in [0.29, 0.717) is 39.6 Å². The molecule has 0 aliphatic heterocycles. The molecule has 0 unspecified atom stereocenters. The van der Waals surface area contributed by atoms with E-state index in [0.717, 1.165) is 5.56 Å². The molecule has 226 valence electrons. The van der Waals surface area contributed by atoms with Gasteiger partial charge < -0.3 is 20.1 Å². The zero-order chi connectivity index (χ0) is 31.3. The van der Waals surface area contributed by atoms with Crippen LogP contribution in [0.15, 0.2) is 91.0 Å². The molecule has 7 aromatic rings. The molecule has 3 aromatic heterocycles. The van der Waals surface area contributed by atoms with Gasteiger partial charge in [-0.1, -0.05) is 36.4 Å². The first-order valence-electron chi connectivity index (χ1n) is 13.7. The lowest BCUT2D eigenvalue weighted by atomic mass is 10.2. The van der Waals surface area contributed by atoms with E-state index in [1.165, 1.54) is 18.2 Å². The van der Waals surface area contributed by atoms with Crippen LogP contribution >= 0.6 is 0 Å². The van der Waals surface area contributed by atoms with Crippen molar-refractivity contribution in [3.8, 4) is 40.2 Å². The lowest BCUT2D eigenvalue weighted by Crippen LogP contribution is -2.16. The molecular weight excluding hydrogens is 595 g/mol. The Hall–Kier alpha value is -6.84. The fourth-order valence-electron chi connectivity index (χ4n) is 4.45. The Morgan fingerprint density at radius 2 is 1.41 bits per heavy atom. The predicted octanol–water partition coefficient (Wildman–Crippen LogP) is 4.62. The van der Waals surface area contributed by atoms with Crippen LogP contribution in [0.3, 0.4) is 0 Å². The van der Waals surface area contributed by atoms with Gasteiger partial charge in [-0.25, -0.2) is 14.4 Å². The molecule has 0 atom stereocenters. The SMILES string of the molecule is O=C(Nc1cccc(-c2nn[nH]n2)c1)c1nc2ccccc2nc1Oc1ccc(F)cc1OCNc1cccc(-c2nn[nH]n2)c1. The van der Waals surface area contributed by atoms with Crippen molar-refractivity contribution < 1.29 is 18.7 Å². The number of nitrogens with one attached hydrogen (secondary N) is 4. The standard InChI is InChI=1S/C30H21FN12O3/c31-19-11-12-24(25(15-19)45-16-32-20-7-3-5-17(13-20)27-36-40-41-37-27)46-30-26(34-22-9-1-2-10-23(22)35-30)29(44)33-21-8-4-6-18(14-21)28-38-42-43-39-28/h1-15,32H,16H2,(H,33,44)(H,36,37,40,41)(H,38,39,42,43). The zero-order valence-corrected chi connectivity index (χ0v) is 23.5. The largest absolute Gasteiger partial charge is 0.469 e. The van der Waals surface area contributed by atoms with Gasteiger partial charge in [0.05, 0.1) is 11.0 Å². The third-order valence-electron chi connectivity index (χ3n) is 6.56. The van der Waals surface area contributed by atoms with Crippen molar-refractivity contribution in [3.63, 3.8) is 0 Å². The molecule has 0 aliphatic carbocycles. The van der Waals surface area contributed by atoms with Crippen LogP contribution in [0.4, 0.5) is 15.8 Å². The Labute approximate surface area is 258 Å². The molecule has 1 amide bonds. The van der Waals surface area contributed by atoms with Crippen molar-refractivity contribution in [2.24, 2.45) is 0 Å². The van der Waals surface area contributed by atoms with Crippen LogP contribution in [0.2, 0.25) is 0 Å². The molecule has 15 nitrogen and oxygen atoms in total. The summed E-state index contributed by atoms with van der Waals surface area (Å²) < 4.78 is 26.3. The molecule has 0 spiro atoms. The number of carbonyl (C=O) groups is 1. The van der Waals surface area contributed by atoms with Gasteiger partial charge in [0.1, 0.15) is 5.82 Å². The highest BCUT2D eigenvalue weighted by Crippen LogP contribution is 2.34. The van der Waals surface area contributed by atoms with Gasteiger partial charge >= 0.3 is 0 Å². The monoisotopic (exact) mass is 616 g/mol. The number of ether oxygens (including phenoxy) is 2. The number of anilines is 2. The second kappa shape index (κ2) is 12.4. The molecule has 7 rings (SSSR count). The summed E-state index contributed by atoms with van der Waals surface area (Å²) in [6, 6.07) is 25.0. The molecule has 46 heavy (non-hydrogen) atoms. The predicted molar refractivity (Wildman–Crippen MR) is 162 cm³/mol. The maximum atomic E-state index is 14.4. The van der Waals surface area contributed by atoms with Gasteiger partial charge in [-0.3, -0.25) is 4.79 Å². The van der Waals surface area contributed by atoms with E-state index in [4.69, 9.17) is 9.47 Å². The molecule has 0 fully saturated rings. The van der Waals surface area contributed by atoms with Crippen LogP contribution in [-0.4, -0.2) is 63.9 Å². The number of hydrogen-bond acceptors (Lipinski definition) is 12. The lowest BCUT2D eigenvalue weighted by Gasteiger charge is -2.15. The van der Waals surface area contributed by atoms with Gasteiger partial charge in [-0.2, -0.15) is 10.4 Å². The van der Waals surface area contributed by atoms with Gasteiger partial charge in [0.15, 0.2) is 23.9 Å². The van der Waals surface area contributed by atoms with Gasteiger partial charge in [0.25, 0.3) is 11.8 Å². The Kier molecular flexibility index (Phi) is 7.54. The van der Waals surface area contributed by atoms with Crippen molar-refractivity contribution in [1.29, 1.82) is 0 Å². The van der Waals surface area contributed by atoms with Crippen LogP contribution < -0.4 is 20.1 Å². The molecule has 0 aliphatic rings. The minimum absolute atomic E-state index is 0.0526. The molecule has 4 aromatic carbocycles. The highest BCUT2D eigenvalue weighted by atomic mass is 19.1. The molecule has 16 heteroatoms. The average molecular weight is 617 g/mol. The summed E-state index contributed by atoms with van der Waals surface area (Å²) in [5, 5.41) is 33.8. The van der Waals surface area contributed by atoms with Crippen molar-refractivity contribution in [3.05, 3.63) is 103 Å². The van der Waals surface area contributed by atoms with Crippen LogP contribution in [-0.2, 0) is 0 Å². The number of carbonyl (C=O) groups excluding carboxylic acids is 1. The summed E-state index contributed by atoms with van der Waals surface area (Å²) >= 11 is 0. The molecule has 0 saturated carbocycles. The Bertz CT molecular complexity index is 2140. The van der Waals surface area contributed by atoms with Crippen LogP contribution in [0.25, 0.3) is 33.8 Å². The van der Waals surface area contributed by atoms with E-state index in [-0.39, 0.29) is 29.8 Å². The third kappa shape index (κ3) is 6.11. The molecule has 0 saturated heterocycles. The summed E-state index contributed by atoms with van der Waals surface area (Å²) in [7, 11) is 0. The fraction of sp³-hybridized carbons (Fsp3) is 0.0333. The van der Waals surface area contributed by atoms with Gasteiger partial charge in [-0.05, 0) is 59.0 Å². The summed E-state index contributed by atoms with van der Waals surface area (Å²) in [5.41, 5.74) is 3.38. The van der Waals surface area contributed by atoms with Crippen molar-refractivity contribution in [1.82, 2.24) is 51.2 Å². The maximum absolute atomic E-state index is 14.4. The quantitative estimate of drug-likeness (QED) is 0.156. The zero-order valence-electron chi connectivity index (χ0n) is 23.5. The van der Waals surface area contributed by atoms with Crippen LogP contribution in [0, 0.1) is 5.82 Å². The van der Waals surface area contributed by atoms with Crippen molar-refractivity contribution in [2.75, 3.05) is 17.4 Å². The second-order valence-electron chi connectivity index (χ2n) is 9.61. The first-order valence-corrected chi connectivity index (χ1v) is 13.7. The number of rotatable bonds is 10. The third-order valence-corrected chi connectivity index (χ3v) is 6.56. The van der Waals surface area contributed by atoms with Crippen LogP contribution in [0.5, 0.6) is 17.4 Å². The van der Waals surface area contributed by atoms with Gasteiger partial charge in [0.2, 0.25) is 11.6 Å². The Balaban J connectivity index is 1.14. The van der Waals surface area contributed by atoms with E-state index < -0.39 is 11.7 Å². The highest BCUT2D eigenvalue weighted by Gasteiger charge is 2.21. The van der Waals surface area contributed by atoms with E-state index >= 15 is 0 Å². The Morgan fingerprint density at radius 1 is 0.739 bits per heavy atom. The molecule has 0 bridgehead atoms. The first kappa shape index (κ1) is 28.0. The number of aromatic nitrogens is 10. The molecular formula is C30H21FN12O3. The summed E-state index contributed by atoms with van der Waals surface area (Å²) in [6.45, 7) is -0.0526. The minimum Gasteiger partial charge on any atom is -0.469 e. The number of tetrazole rings is 2. The molecule has 0 radical (unpaired) electrons. The fourth-order valence-corrected chi connectivity index (χ4v) is 4.45. The van der Waals surface area contributed by atoms with Crippen molar-refractivity contribution in [2.45, 2.75) is 0 Å². The number of para-hydroxylation sites is 2. The number of H-pyrrole nitrogens is 2. The molecule has 3 heterocycles. The second-order valence-corrected chi connectivity index (χ2v) is 9.61. The smallest absolute Gasteiger partial charge is 0.279 e. The highest BCUT2D eigenvalue weighted by molar-refractivity contribution is 6.05. The van der Waals surface area contributed by atoms with Crippen molar-refractivity contribution >= 4 is 28.3 Å². The van der Waals surface area contributed by atoms with E-state index in [9.17, 15) is 9.18 Å². The van der Waals surface area contributed by atoms with E-state index in [1.807, 2.05) is 24.3 Å². The summed E-state index contributed by atoms with van der Waals surface area (Å²) in [4.78, 5) is 22.7. The average Bonchev–Trinajstić information content (AvgIpc) is 3.82. The summed E-state index contributed by atoms with van der Waals surface area (Å²) in [6.07, 6.45) is 0. The normalized spacial score (nSPS) is 10.9. The number of fused-ring (bicyclic) bond motifs is 1. The molecule has 4 N–H and O–H groups in total. The van der Waals surface area contributed by atoms with Gasteiger partial charge in [-0.15, -0.1) is 20.4 Å². The number of hydrogen-bond donors (Lipinski definition) is 4. The maximum Gasteiger partial charge on any atom is 0.279 e. The number of amides is 1. The first-order chi connectivity index (χ1) is 22.6. The number of aromatic amines is 2. The number of nitrogens with zero attached hydrogens (tertiary/aromatic N) is 8. The Morgan fingerprint density at radius 3 is 2.11 bits per heavy atom. The van der Waals surface area contributed by atoms with Gasteiger partial charge in [0, 0.05) is 28.6 Å².